The predicted octanol–water partition coefficient (Wildman–Crippen LogP) is 0.430. The molecule has 11 heavy (non-hydrogen) atoms. The van der Waals surface area contributed by atoms with Crippen molar-refractivity contribution >= 4 is 0 Å². The highest BCUT2D eigenvalue weighted by atomic mass is 16.5. The molecule has 1 atom stereocenters. The minimum Gasteiger partial charge on any atom is -0.381 e. The Morgan fingerprint density at radius 3 is 2.91 bits per heavy atom. The summed E-state index contributed by atoms with van der Waals surface area (Å²) in [4.78, 5) is 0. The molecule has 0 spiro atoms. The van der Waals surface area contributed by atoms with Gasteiger partial charge in [0.15, 0.2) is 0 Å². The molecule has 3 nitrogen and oxygen atoms in total. The summed E-state index contributed by atoms with van der Waals surface area (Å²) in [6, 6.07) is 2.09. The highest BCUT2D eigenvalue weighted by Gasteiger charge is 2.24. The molecule has 60 valence electrons. The third kappa shape index (κ3) is 2.34. The van der Waals surface area contributed by atoms with Crippen molar-refractivity contribution < 1.29 is 4.74 Å². The molecule has 1 fully saturated rings. The predicted molar refractivity (Wildman–Crippen MR) is 41.7 cm³/mol. The number of nitriles is 1. The monoisotopic (exact) mass is 152 g/mol. The van der Waals surface area contributed by atoms with Crippen molar-refractivity contribution in [2.45, 2.75) is 12.5 Å². The first kappa shape index (κ1) is 8.25. The van der Waals surface area contributed by atoms with Crippen LogP contribution >= 0.6 is 0 Å². The van der Waals surface area contributed by atoms with Crippen molar-refractivity contribution in [1.29, 1.82) is 5.26 Å². The maximum Gasteiger partial charge on any atom is 0.0908 e. The Kier molecular flexibility index (Phi) is 3.09. The number of rotatable bonds is 3. The van der Waals surface area contributed by atoms with Crippen molar-refractivity contribution in [3.05, 3.63) is 12.2 Å². The van der Waals surface area contributed by atoms with Gasteiger partial charge in [-0.15, -0.1) is 0 Å². The quantitative estimate of drug-likeness (QED) is 0.596. The minimum atomic E-state index is 0.161. The number of allylic oxidation sites excluding steroid dienone is 1. The normalized spacial score (nSPS) is 21.1. The van der Waals surface area contributed by atoms with Crippen molar-refractivity contribution in [3.63, 3.8) is 0 Å². The second-order valence-electron chi connectivity index (χ2n) is 2.73. The second-order valence-corrected chi connectivity index (χ2v) is 2.73. The van der Waals surface area contributed by atoms with E-state index in [0.717, 1.165) is 19.6 Å². The van der Waals surface area contributed by atoms with E-state index in [-0.39, 0.29) is 6.04 Å². The van der Waals surface area contributed by atoms with Gasteiger partial charge in [0, 0.05) is 18.0 Å². The molecule has 1 unspecified atom stereocenters. The van der Waals surface area contributed by atoms with Crippen LogP contribution in [0.15, 0.2) is 12.2 Å². The van der Waals surface area contributed by atoms with Gasteiger partial charge in [-0.25, -0.2) is 0 Å². The molecule has 1 rings (SSSR count). The van der Waals surface area contributed by atoms with E-state index in [1.807, 2.05) is 12.1 Å². The number of hydrogen-bond donors (Lipinski definition) is 1. The van der Waals surface area contributed by atoms with Gasteiger partial charge >= 0.3 is 0 Å². The molecular weight excluding hydrogens is 140 g/mol. The summed E-state index contributed by atoms with van der Waals surface area (Å²) < 4.78 is 4.99. The van der Waals surface area contributed by atoms with Crippen LogP contribution in [0.3, 0.4) is 0 Å². The highest BCUT2D eigenvalue weighted by molar-refractivity contribution is 5.03. The van der Waals surface area contributed by atoms with Crippen LogP contribution in [0, 0.1) is 17.2 Å². The summed E-state index contributed by atoms with van der Waals surface area (Å²) in [5.74, 6) is 0.498. The number of nitrogens with two attached hydrogens (primary N) is 1. The van der Waals surface area contributed by atoms with Crippen LogP contribution in [0.5, 0.6) is 0 Å². The van der Waals surface area contributed by atoms with E-state index < -0.39 is 0 Å². The zero-order valence-electron chi connectivity index (χ0n) is 6.36. The van der Waals surface area contributed by atoms with E-state index >= 15 is 0 Å². The largest absolute Gasteiger partial charge is 0.381 e. The van der Waals surface area contributed by atoms with Gasteiger partial charge < -0.3 is 10.5 Å². The van der Waals surface area contributed by atoms with Crippen molar-refractivity contribution in [2.24, 2.45) is 11.7 Å². The average Bonchev–Trinajstić information content (AvgIpc) is 1.84. The first-order valence-corrected chi connectivity index (χ1v) is 3.72. The summed E-state index contributed by atoms with van der Waals surface area (Å²) >= 11 is 0. The summed E-state index contributed by atoms with van der Waals surface area (Å²) in [6.45, 7) is 1.56. The molecule has 1 aliphatic heterocycles. The molecule has 0 amide bonds. The SMILES string of the molecule is N#CC=CCC(N)C1COC1. The lowest BCUT2D eigenvalue weighted by atomic mass is 9.96. The van der Waals surface area contributed by atoms with Crippen LogP contribution in [0.2, 0.25) is 0 Å². The molecule has 0 aliphatic carbocycles. The Balaban J connectivity index is 2.15. The number of nitrogens with zero attached hydrogens (tertiary/aromatic N) is 1. The van der Waals surface area contributed by atoms with Gasteiger partial charge in [-0.3, -0.25) is 0 Å². The lowest BCUT2D eigenvalue weighted by Gasteiger charge is -2.30. The topological polar surface area (TPSA) is 59.0 Å². The van der Waals surface area contributed by atoms with E-state index in [0.29, 0.717) is 5.92 Å². The Morgan fingerprint density at radius 1 is 1.73 bits per heavy atom. The van der Waals surface area contributed by atoms with Crippen LogP contribution in [0.1, 0.15) is 6.42 Å². The molecule has 0 bridgehead atoms. The van der Waals surface area contributed by atoms with Crippen LogP contribution in [0.4, 0.5) is 0 Å². The third-order valence-electron chi connectivity index (χ3n) is 1.87. The Labute approximate surface area is 66.4 Å². The first-order valence-electron chi connectivity index (χ1n) is 3.72. The van der Waals surface area contributed by atoms with Gasteiger partial charge in [-0.1, -0.05) is 6.08 Å². The summed E-state index contributed by atoms with van der Waals surface area (Å²) in [5, 5.41) is 8.19. The maximum atomic E-state index is 8.19. The molecule has 0 saturated carbocycles. The second kappa shape index (κ2) is 4.12. The van der Waals surface area contributed by atoms with Gasteiger partial charge in [-0.2, -0.15) is 5.26 Å². The summed E-state index contributed by atoms with van der Waals surface area (Å²) in [6.07, 6.45) is 4.06. The first-order chi connectivity index (χ1) is 5.34. The van der Waals surface area contributed by atoms with Gasteiger partial charge in [0.2, 0.25) is 0 Å². The highest BCUT2D eigenvalue weighted by Crippen LogP contribution is 2.15. The lowest BCUT2D eigenvalue weighted by Crippen LogP contribution is -2.42. The number of ether oxygens (including phenoxy) is 1. The van der Waals surface area contributed by atoms with Crippen LogP contribution in [-0.2, 0) is 4.74 Å². The average molecular weight is 152 g/mol. The Bertz CT molecular complexity index is 179. The van der Waals surface area contributed by atoms with Crippen LogP contribution < -0.4 is 5.73 Å². The Hall–Kier alpha value is -0.850. The van der Waals surface area contributed by atoms with E-state index in [4.69, 9.17) is 15.7 Å². The molecule has 0 aromatic carbocycles. The van der Waals surface area contributed by atoms with Gasteiger partial charge in [0.25, 0.3) is 0 Å². The molecular formula is C8H12N2O. The molecule has 1 saturated heterocycles. The number of hydrogen-bond acceptors (Lipinski definition) is 3. The standard InChI is InChI=1S/C8H12N2O/c9-4-2-1-3-8(10)7-5-11-6-7/h1-2,7-8H,3,5-6,10H2. The molecule has 2 N–H and O–H groups in total. The fourth-order valence-corrected chi connectivity index (χ4v) is 0.971. The van der Waals surface area contributed by atoms with Crippen molar-refractivity contribution in [2.75, 3.05) is 13.2 Å². The van der Waals surface area contributed by atoms with Gasteiger partial charge in [-0.05, 0) is 6.42 Å². The summed E-state index contributed by atoms with van der Waals surface area (Å²) in [7, 11) is 0. The molecule has 0 aromatic heterocycles. The Morgan fingerprint density at radius 2 is 2.45 bits per heavy atom. The molecule has 0 radical (unpaired) electrons. The molecule has 1 aliphatic rings. The smallest absolute Gasteiger partial charge is 0.0908 e. The summed E-state index contributed by atoms with van der Waals surface area (Å²) in [5.41, 5.74) is 5.78. The molecule has 0 aromatic rings. The maximum absolute atomic E-state index is 8.19. The van der Waals surface area contributed by atoms with Gasteiger partial charge in [0.05, 0.1) is 19.3 Å². The minimum absolute atomic E-state index is 0.161. The van der Waals surface area contributed by atoms with Gasteiger partial charge in [0.1, 0.15) is 0 Å². The van der Waals surface area contributed by atoms with E-state index in [1.54, 1.807) is 0 Å². The van der Waals surface area contributed by atoms with E-state index in [2.05, 4.69) is 0 Å². The van der Waals surface area contributed by atoms with E-state index in [1.165, 1.54) is 6.08 Å². The fraction of sp³-hybridized carbons (Fsp3) is 0.625. The van der Waals surface area contributed by atoms with Crippen LogP contribution in [-0.4, -0.2) is 19.3 Å². The van der Waals surface area contributed by atoms with Crippen LogP contribution in [0.25, 0.3) is 0 Å². The van der Waals surface area contributed by atoms with Crippen molar-refractivity contribution in [1.82, 2.24) is 0 Å². The zero-order chi connectivity index (χ0) is 8.10. The third-order valence-corrected chi connectivity index (χ3v) is 1.87. The zero-order valence-corrected chi connectivity index (χ0v) is 6.36. The van der Waals surface area contributed by atoms with Crippen molar-refractivity contribution in [3.8, 4) is 6.07 Å². The fourth-order valence-electron chi connectivity index (χ4n) is 0.971. The lowest BCUT2D eigenvalue weighted by molar-refractivity contribution is -0.0430. The molecule has 3 heteroatoms. The molecule has 1 heterocycles. The van der Waals surface area contributed by atoms with E-state index in [9.17, 15) is 0 Å².